The largest absolute Gasteiger partial charge is 0.496 e. The number of carbonyl (C=O) groups is 2. The van der Waals surface area contributed by atoms with Crippen LogP contribution < -0.4 is 14.8 Å². The molecule has 0 bridgehead atoms. The summed E-state index contributed by atoms with van der Waals surface area (Å²) in [7, 11) is 2.49. The Morgan fingerprint density at radius 3 is 2.00 bits per heavy atom. The van der Waals surface area contributed by atoms with E-state index in [0.29, 0.717) is 9.89 Å². The molecule has 1 aromatic carbocycles. The maximum atomic E-state index is 11.4. The number of amides is 1. The van der Waals surface area contributed by atoms with Gasteiger partial charge in [-0.05, 0) is 33.5 Å². The Bertz CT molecular complexity index is 710. The molecule has 5 N–H and O–H groups in total. The molecule has 0 heterocycles. The number of carbonyl (C=O) groups excluding carboxylic acids is 2. The highest BCUT2D eigenvalue weighted by molar-refractivity contribution is 9.10. The standard InChI is InChI=1S/C13H16BrNO10.C5H12/c1-22-9-4-8(14)10(23-2)3-7(9)12(18,19)13(20,21)15-11(17)25-6-24-5-16;1-5(2,3)4/h3-5,18-21H,6H2,1-2H3,(H,15,17);1-4H3. The van der Waals surface area contributed by atoms with Crippen LogP contribution in [0.15, 0.2) is 16.6 Å². The third-order valence-corrected chi connectivity index (χ3v) is 3.56. The predicted octanol–water partition coefficient (Wildman–Crippen LogP) is 1.15. The van der Waals surface area contributed by atoms with E-state index < -0.39 is 30.1 Å². The lowest BCUT2D eigenvalue weighted by atomic mass is 10.0. The molecule has 0 atom stereocenters. The normalized spacial score (nSPS) is 11.6. The van der Waals surface area contributed by atoms with Crippen LogP contribution in [-0.2, 0) is 20.1 Å². The molecule has 12 heteroatoms. The minimum Gasteiger partial charge on any atom is -0.496 e. The molecule has 0 unspecified atom stereocenters. The fourth-order valence-electron chi connectivity index (χ4n) is 1.70. The average Bonchev–Trinajstić information content (AvgIpc) is 2.59. The molecular formula is C18H28BrNO10. The van der Waals surface area contributed by atoms with Gasteiger partial charge in [-0.25, -0.2) is 4.79 Å². The van der Waals surface area contributed by atoms with E-state index in [1.165, 1.54) is 25.6 Å². The Hall–Kier alpha value is -2.12. The van der Waals surface area contributed by atoms with E-state index in [9.17, 15) is 30.0 Å². The molecule has 0 aliphatic carbocycles. The number of hydrogen-bond donors (Lipinski definition) is 5. The van der Waals surface area contributed by atoms with E-state index in [4.69, 9.17) is 9.47 Å². The molecule has 0 saturated carbocycles. The first-order chi connectivity index (χ1) is 13.6. The number of aliphatic hydroxyl groups is 4. The number of rotatable bonds is 8. The Morgan fingerprint density at radius 1 is 1.07 bits per heavy atom. The molecule has 1 aromatic rings. The molecular weight excluding hydrogens is 470 g/mol. The number of benzene rings is 1. The van der Waals surface area contributed by atoms with Gasteiger partial charge in [-0.2, -0.15) is 0 Å². The minimum absolute atomic E-state index is 0.0141. The molecule has 0 saturated heterocycles. The number of methoxy groups -OCH3 is 2. The van der Waals surface area contributed by atoms with E-state index in [-0.39, 0.29) is 18.0 Å². The van der Waals surface area contributed by atoms with Crippen molar-refractivity contribution in [2.45, 2.75) is 39.4 Å². The second-order valence-corrected chi connectivity index (χ2v) is 8.32. The van der Waals surface area contributed by atoms with Crippen molar-refractivity contribution >= 4 is 28.5 Å². The van der Waals surface area contributed by atoms with Crippen LogP contribution in [0.3, 0.4) is 0 Å². The van der Waals surface area contributed by atoms with Crippen LogP contribution in [0.1, 0.15) is 33.3 Å². The number of hydrogen-bond acceptors (Lipinski definition) is 10. The second-order valence-electron chi connectivity index (χ2n) is 7.47. The van der Waals surface area contributed by atoms with Crippen molar-refractivity contribution in [3.8, 4) is 11.5 Å². The van der Waals surface area contributed by atoms with E-state index in [1.54, 1.807) is 0 Å². The van der Waals surface area contributed by atoms with Crippen LogP contribution in [0.4, 0.5) is 4.79 Å². The lowest BCUT2D eigenvalue weighted by Crippen LogP contribution is -2.63. The van der Waals surface area contributed by atoms with Gasteiger partial charge < -0.3 is 39.4 Å². The van der Waals surface area contributed by atoms with Crippen LogP contribution in [0.5, 0.6) is 11.5 Å². The summed E-state index contributed by atoms with van der Waals surface area (Å²) in [4.78, 5) is 21.3. The van der Waals surface area contributed by atoms with Crippen molar-refractivity contribution in [1.82, 2.24) is 5.32 Å². The first-order valence-corrected chi connectivity index (χ1v) is 9.21. The summed E-state index contributed by atoms with van der Waals surface area (Å²) >= 11 is 3.15. The summed E-state index contributed by atoms with van der Waals surface area (Å²) < 4.78 is 18.7. The number of nitrogens with one attached hydrogen (secondary N) is 1. The van der Waals surface area contributed by atoms with Gasteiger partial charge in [-0.3, -0.25) is 10.1 Å². The van der Waals surface area contributed by atoms with Crippen LogP contribution in [0.25, 0.3) is 0 Å². The Kier molecular flexibility index (Phi) is 10.5. The molecule has 30 heavy (non-hydrogen) atoms. The molecule has 0 aliphatic heterocycles. The zero-order valence-corrected chi connectivity index (χ0v) is 19.1. The van der Waals surface area contributed by atoms with Gasteiger partial charge in [0.25, 0.3) is 12.3 Å². The third-order valence-electron chi connectivity index (χ3n) is 2.94. The quantitative estimate of drug-likeness (QED) is 0.200. The molecule has 1 amide bonds. The molecule has 0 aliphatic rings. The minimum atomic E-state index is -3.61. The fraction of sp³-hybridized carbons (Fsp3) is 0.556. The van der Waals surface area contributed by atoms with E-state index >= 15 is 0 Å². The molecule has 0 spiro atoms. The maximum absolute atomic E-state index is 11.4. The lowest BCUT2D eigenvalue weighted by Gasteiger charge is -2.35. The van der Waals surface area contributed by atoms with Crippen molar-refractivity contribution in [2.24, 2.45) is 5.41 Å². The summed E-state index contributed by atoms with van der Waals surface area (Å²) in [6.07, 6.45) is -1.51. The van der Waals surface area contributed by atoms with Crippen molar-refractivity contribution in [1.29, 1.82) is 0 Å². The first-order valence-electron chi connectivity index (χ1n) is 8.42. The van der Waals surface area contributed by atoms with E-state index in [2.05, 4.69) is 53.1 Å². The summed E-state index contributed by atoms with van der Waals surface area (Å²) in [6, 6.07) is 2.33. The lowest BCUT2D eigenvalue weighted by molar-refractivity contribution is -0.375. The zero-order valence-electron chi connectivity index (χ0n) is 17.6. The predicted molar refractivity (Wildman–Crippen MR) is 107 cm³/mol. The average molecular weight is 498 g/mol. The molecule has 0 radical (unpaired) electrons. The first kappa shape index (κ1) is 27.9. The topological polar surface area (TPSA) is 164 Å². The molecule has 0 fully saturated rings. The van der Waals surface area contributed by atoms with E-state index in [0.717, 1.165) is 6.07 Å². The van der Waals surface area contributed by atoms with Gasteiger partial charge in [0.1, 0.15) is 11.5 Å². The molecule has 0 aromatic heterocycles. The van der Waals surface area contributed by atoms with Crippen LogP contribution in [-0.4, -0.2) is 59.9 Å². The maximum Gasteiger partial charge on any atom is 0.414 e. The summed E-state index contributed by atoms with van der Waals surface area (Å²) in [6.45, 7) is 7.91. The smallest absolute Gasteiger partial charge is 0.414 e. The van der Waals surface area contributed by atoms with Gasteiger partial charge in [0, 0.05) is 0 Å². The fourth-order valence-corrected chi connectivity index (χ4v) is 2.19. The van der Waals surface area contributed by atoms with Gasteiger partial charge in [0.15, 0.2) is 0 Å². The molecule has 1 rings (SSSR count). The highest BCUT2D eigenvalue weighted by Gasteiger charge is 2.52. The summed E-state index contributed by atoms with van der Waals surface area (Å²) in [5.74, 6) is -7.11. The van der Waals surface area contributed by atoms with Crippen LogP contribution in [0.2, 0.25) is 0 Å². The molecule has 172 valence electrons. The van der Waals surface area contributed by atoms with Crippen molar-refractivity contribution < 1.29 is 49.0 Å². The molecule has 11 nitrogen and oxygen atoms in total. The Labute approximate surface area is 182 Å². The number of halogens is 1. The van der Waals surface area contributed by atoms with Crippen molar-refractivity contribution in [2.75, 3.05) is 21.0 Å². The highest BCUT2D eigenvalue weighted by Crippen LogP contribution is 2.40. The Balaban J connectivity index is 0.00000150. The summed E-state index contributed by atoms with van der Waals surface area (Å²) in [5, 5.41) is 41.6. The second kappa shape index (κ2) is 11.3. The van der Waals surface area contributed by atoms with Gasteiger partial charge in [0.05, 0.1) is 24.3 Å². The third kappa shape index (κ3) is 8.71. The SMILES string of the molecule is CC(C)(C)C.COc1cc(C(O)(O)C(O)(O)NC(=O)OCOC=O)c(OC)cc1Br. The van der Waals surface area contributed by atoms with Crippen LogP contribution in [0, 0.1) is 5.41 Å². The van der Waals surface area contributed by atoms with Gasteiger partial charge in [0.2, 0.25) is 6.79 Å². The van der Waals surface area contributed by atoms with Gasteiger partial charge >= 0.3 is 12.0 Å². The summed E-state index contributed by atoms with van der Waals surface area (Å²) in [5.41, 5.74) is -0.0375. The van der Waals surface area contributed by atoms with Crippen LogP contribution >= 0.6 is 15.9 Å². The van der Waals surface area contributed by atoms with Crippen molar-refractivity contribution in [3.63, 3.8) is 0 Å². The number of ether oxygens (including phenoxy) is 4. The highest BCUT2D eigenvalue weighted by atomic mass is 79.9. The van der Waals surface area contributed by atoms with Gasteiger partial charge in [-0.1, -0.05) is 27.7 Å². The Morgan fingerprint density at radius 2 is 1.57 bits per heavy atom. The monoisotopic (exact) mass is 497 g/mol. The van der Waals surface area contributed by atoms with Gasteiger partial charge in [-0.15, -0.1) is 0 Å². The number of alkyl carbamates (subject to hydrolysis) is 1. The zero-order chi connectivity index (χ0) is 23.8. The van der Waals surface area contributed by atoms with Crippen molar-refractivity contribution in [3.05, 3.63) is 22.2 Å². The van der Waals surface area contributed by atoms with E-state index in [1.807, 2.05) is 0 Å².